The summed E-state index contributed by atoms with van der Waals surface area (Å²) in [4.78, 5) is 13.4. The van der Waals surface area contributed by atoms with Crippen LogP contribution in [-0.4, -0.2) is 42.9 Å². The van der Waals surface area contributed by atoms with Gasteiger partial charge in [-0.05, 0) is 20.8 Å². The van der Waals surface area contributed by atoms with E-state index < -0.39 is 0 Å². The fourth-order valence-corrected chi connectivity index (χ4v) is 3.14. The lowest BCUT2D eigenvalue weighted by Gasteiger charge is -2.31. The van der Waals surface area contributed by atoms with Gasteiger partial charge in [0.2, 0.25) is 5.88 Å². The maximum atomic E-state index is 12.2. The predicted molar refractivity (Wildman–Crippen MR) is 90.9 cm³/mol. The Labute approximate surface area is 141 Å². The van der Waals surface area contributed by atoms with Crippen molar-refractivity contribution >= 4 is 11.8 Å². The Morgan fingerprint density at radius 2 is 1.92 bits per heavy atom. The highest BCUT2D eigenvalue weighted by Gasteiger charge is 2.27. The van der Waals surface area contributed by atoms with Crippen LogP contribution in [0.5, 0.6) is 0 Å². The molecule has 2 atom stereocenters. The number of hydrogen-bond acceptors (Lipinski definition) is 4. The molecule has 1 aromatic heterocycles. The monoisotopic (exact) mass is 330 g/mol. The minimum atomic E-state index is -0.0714. The van der Waals surface area contributed by atoms with Crippen molar-refractivity contribution in [2.24, 2.45) is 0 Å². The second kappa shape index (κ2) is 7.15. The van der Waals surface area contributed by atoms with Gasteiger partial charge >= 0.3 is 0 Å². The zero-order valence-corrected chi connectivity index (χ0v) is 14.3. The van der Waals surface area contributed by atoms with Crippen molar-refractivity contribution in [3.63, 3.8) is 0 Å². The second-order valence-corrected chi connectivity index (χ2v) is 6.58. The zero-order chi connectivity index (χ0) is 17.1. The van der Waals surface area contributed by atoms with Crippen LogP contribution >= 0.6 is 0 Å². The Morgan fingerprint density at radius 1 is 1.25 bits per heavy atom. The average molecular weight is 330 g/mol. The molecule has 0 saturated carbocycles. The minimum Gasteiger partial charge on any atom is -0.364 e. The van der Waals surface area contributed by atoms with E-state index in [0.717, 1.165) is 18.7 Å². The van der Waals surface area contributed by atoms with Crippen molar-refractivity contribution in [1.29, 1.82) is 0 Å². The van der Waals surface area contributed by atoms with E-state index in [1.807, 2.05) is 45.0 Å². The molecule has 2 N–H and O–H groups in total. The molecule has 2 aromatic rings. The Bertz CT molecular complexity index is 686. The highest BCUT2D eigenvalue weighted by molar-refractivity contribution is 5.90. The van der Waals surface area contributed by atoms with Crippen molar-refractivity contribution in [1.82, 2.24) is 5.16 Å². The van der Waals surface area contributed by atoms with Gasteiger partial charge in [-0.3, -0.25) is 10.1 Å². The average Bonchev–Trinajstić information content (AvgIpc) is 2.95. The van der Waals surface area contributed by atoms with Gasteiger partial charge in [0, 0.05) is 11.6 Å². The maximum absolute atomic E-state index is 12.2. The van der Waals surface area contributed by atoms with Crippen LogP contribution < -0.4 is 10.2 Å². The lowest BCUT2D eigenvalue weighted by atomic mass is 10.1. The van der Waals surface area contributed by atoms with E-state index in [2.05, 4.69) is 10.5 Å². The predicted octanol–water partition coefficient (Wildman–Crippen LogP) is 1.28. The highest BCUT2D eigenvalue weighted by atomic mass is 16.5. The first-order valence-corrected chi connectivity index (χ1v) is 8.32. The minimum absolute atomic E-state index is 0.0714. The summed E-state index contributed by atoms with van der Waals surface area (Å²) in [5.74, 6) is 0.308. The molecule has 2 heterocycles. The van der Waals surface area contributed by atoms with Crippen LogP contribution in [0.4, 0.5) is 5.88 Å². The van der Waals surface area contributed by atoms with Crippen LogP contribution in [-0.2, 0) is 9.53 Å². The molecular formula is C18H24N3O3+. The zero-order valence-electron chi connectivity index (χ0n) is 14.3. The molecule has 128 valence electrons. The van der Waals surface area contributed by atoms with E-state index in [4.69, 9.17) is 9.26 Å². The topological polar surface area (TPSA) is 68.8 Å². The molecule has 0 aliphatic carbocycles. The molecule has 24 heavy (non-hydrogen) atoms. The number of nitrogens with one attached hydrogen (secondary N) is 2. The summed E-state index contributed by atoms with van der Waals surface area (Å²) in [6.07, 6.45) is 0.352. The molecule has 6 heteroatoms. The number of hydrogen-bond donors (Lipinski definition) is 2. The standard InChI is InChI=1S/C18H23N3O3/c1-12-4-6-15(7-5-12)16-8-18(24-20-16)19-17(22)11-21-9-13(2)23-14(3)10-21/h4-8,13-14H,9-11H2,1-3H3,(H,19,22)/p+1/t13-,14-/m0/s1. The van der Waals surface area contributed by atoms with Gasteiger partial charge in [-0.1, -0.05) is 35.0 Å². The summed E-state index contributed by atoms with van der Waals surface area (Å²) in [5, 5.41) is 6.81. The number of aryl methyl sites for hydroxylation is 1. The molecule has 1 saturated heterocycles. The third-order valence-corrected chi connectivity index (χ3v) is 4.15. The number of morpholine rings is 1. The molecule has 0 radical (unpaired) electrons. The molecule has 1 aromatic carbocycles. The summed E-state index contributed by atoms with van der Waals surface area (Å²) in [6.45, 7) is 8.19. The van der Waals surface area contributed by atoms with Gasteiger partial charge < -0.3 is 14.2 Å². The summed E-state index contributed by atoms with van der Waals surface area (Å²) in [7, 11) is 0. The number of aromatic nitrogens is 1. The molecule has 0 spiro atoms. The Kier molecular flexibility index (Phi) is 4.97. The number of carbonyl (C=O) groups is 1. The van der Waals surface area contributed by atoms with E-state index >= 15 is 0 Å². The number of nitrogens with zero attached hydrogens (tertiary/aromatic N) is 1. The number of benzene rings is 1. The largest absolute Gasteiger partial charge is 0.364 e. The highest BCUT2D eigenvalue weighted by Crippen LogP contribution is 2.21. The third-order valence-electron chi connectivity index (χ3n) is 4.15. The first kappa shape index (κ1) is 16.7. The number of anilines is 1. The van der Waals surface area contributed by atoms with Gasteiger partial charge in [0.15, 0.2) is 6.54 Å². The van der Waals surface area contributed by atoms with Crippen LogP contribution in [0.15, 0.2) is 34.9 Å². The lowest BCUT2D eigenvalue weighted by Crippen LogP contribution is -3.16. The molecule has 1 fully saturated rings. The van der Waals surface area contributed by atoms with E-state index in [-0.39, 0.29) is 18.1 Å². The van der Waals surface area contributed by atoms with Gasteiger partial charge in [0.25, 0.3) is 5.91 Å². The fraction of sp³-hybridized carbons (Fsp3) is 0.444. The van der Waals surface area contributed by atoms with E-state index in [1.165, 1.54) is 10.5 Å². The molecule has 1 aliphatic rings. The van der Waals surface area contributed by atoms with Crippen molar-refractivity contribution in [2.75, 3.05) is 25.0 Å². The molecule has 1 amide bonds. The van der Waals surface area contributed by atoms with E-state index in [0.29, 0.717) is 18.1 Å². The van der Waals surface area contributed by atoms with Crippen LogP contribution in [0.25, 0.3) is 11.3 Å². The van der Waals surface area contributed by atoms with Crippen LogP contribution in [0, 0.1) is 6.92 Å². The molecule has 1 aliphatic heterocycles. The molecular weight excluding hydrogens is 306 g/mol. The number of quaternary nitrogens is 1. The Morgan fingerprint density at radius 3 is 2.58 bits per heavy atom. The van der Waals surface area contributed by atoms with Gasteiger partial charge in [-0.25, -0.2) is 0 Å². The molecule has 0 unspecified atom stereocenters. The van der Waals surface area contributed by atoms with E-state index in [1.54, 1.807) is 6.07 Å². The number of rotatable bonds is 4. The van der Waals surface area contributed by atoms with Crippen molar-refractivity contribution in [3.8, 4) is 11.3 Å². The maximum Gasteiger partial charge on any atom is 0.281 e. The van der Waals surface area contributed by atoms with Gasteiger partial charge in [0.05, 0.1) is 0 Å². The van der Waals surface area contributed by atoms with Gasteiger partial charge in [-0.15, -0.1) is 0 Å². The summed E-state index contributed by atoms with van der Waals surface area (Å²) in [6, 6.07) is 9.76. The normalized spacial score (nSPS) is 23.9. The summed E-state index contributed by atoms with van der Waals surface area (Å²) in [5.41, 5.74) is 2.87. The summed E-state index contributed by atoms with van der Waals surface area (Å²) >= 11 is 0. The first-order chi connectivity index (χ1) is 11.5. The SMILES string of the molecule is Cc1ccc(-c2cc(NC(=O)C[NH+]3C[C@H](C)O[C@@H](C)C3)on2)cc1. The first-order valence-electron chi connectivity index (χ1n) is 8.32. The lowest BCUT2D eigenvalue weighted by molar-refractivity contribution is -0.907. The van der Waals surface area contributed by atoms with Crippen LogP contribution in [0.2, 0.25) is 0 Å². The van der Waals surface area contributed by atoms with Crippen molar-refractivity contribution < 1.29 is 19.0 Å². The third kappa shape index (κ3) is 4.21. The quantitative estimate of drug-likeness (QED) is 0.886. The van der Waals surface area contributed by atoms with Gasteiger partial charge in [-0.2, -0.15) is 0 Å². The van der Waals surface area contributed by atoms with Crippen molar-refractivity contribution in [3.05, 3.63) is 35.9 Å². The summed E-state index contributed by atoms with van der Waals surface area (Å²) < 4.78 is 10.9. The Balaban J connectivity index is 1.58. The number of amides is 1. The molecule has 0 bridgehead atoms. The second-order valence-electron chi connectivity index (χ2n) is 6.58. The smallest absolute Gasteiger partial charge is 0.281 e. The Hall–Kier alpha value is -2.18. The van der Waals surface area contributed by atoms with Crippen molar-refractivity contribution in [2.45, 2.75) is 33.0 Å². The molecule has 6 nitrogen and oxygen atoms in total. The molecule has 3 rings (SSSR count). The fourth-order valence-electron chi connectivity index (χ4n) is 3.14. The number of carbonyl (C=O) groups excluding carboxylic acids is 1. The van der Waals surface area contributed by atoms with Crippen LogP contribution in [0.1, 0.15) is 19.4 Å². The van der Waals surface area contributed by atoms with E-state index in [9.17, 15) is 4.79 Å². The number of ether oxygens (including phenoxy) is 1. The van der Waals surface area contributed by atoms with Gasteiger partial charge in [0.1, 0.15) is 31.0 Å². The van der Waals surface area contributed by atoms with Crippen LogP contribution in [0.3, 0.4) is 0 Å².